The third-order valence-electron chi connectivity index (χ3n) is 13.5. The van der Waals surface area contributed by atoms with Crippen LogP contribution in [0.25, 0.3) is 66.8 Å². The summed E-state index contributed by atoms with van der Waals surface area (Å²) in [6.07, 6.45) is 0. The summed E-state index contributed by atoms with van der Waals surface area (Å²) in [5.74, 6) is 0. The van der Waals surface area contributed by atoms with Gasteiger partial charge in [0.05, 0.1) is 5.69 Å². The van der Waals surface area contributed by atoms with Crippen molar-refractivity contribution in [3.8, 4) is 66.8 Å². The number of anilines is 3. The second-order valence-electron chi connectivity index (χ2n) is 17.7. The lowest BCUT2D eigenvalue weighted by molar-refractivity contribution is 0.660. The van der Waals surface area contributed by atoms with E-state index in [0.717, 1.165) is 17.1 Å². The maximum Gasteiger partial charge on any atom is 0.0546 e. The molecule has 0 heterocycles. The largest absolute Gasteiger partial charge is 0.310 e. The van der Waals surface area contributed by atoms with Crippen LogP contribution in [0, 0.1) is 0 Å². The van der Waals surface area contributed by atoms with Gasteiger partial charge in [0.15, 0.2) is 0 Å². The lowest BCUT2D eigenvalue weighted by Crippen LogP contribution is -2.17. The summed E-state index contributed by atoms with van der Waals surface area (Å²) in [5.41, 5.74) is 23.6. The fraction of sp³-hybridized carbons (Fsp3) is 0.100. The molecule has 2 aliphatic carbocycles. The molecule has 0 aromatic heterocycles. The highest BCUT2D eigenvalue weighted by atomic mass is 15.1. The molecule has 0 spiro atoms. The van der Waals surface area contributed by atoms with Gasteiger partial charge in [-0.15, -0.1) is 0 Å². The van der Waals surface area contributed by atoms with E-state index in [4.69, 9.17) is 0 Å². The SMILES string of the molecule is CC1(C)c2ccccc2-c2ccc(N(c3ccc(-c4cccc5c4-c4ccccc4C5(C)C)cc3)c3cccc(-c4ccccc4)c3-c3ccccc3-c3ccccc3)cc21. The molecule has 2 aliphatic rings. The van der Waals surface area contributed by atoms with Crippen LogP contribution in [0.15, 0.2) is 212 Å². The van der Waals surface area contributed by atoms with E-state index in [1.807, 2.05) is 0 Å². The molecule has 292 valence electrons. The summed E-state index contributed by atoms with van der Waals surface area (Å²) in [5, 5.41) is 0. The molecule has 1 nitrogen and oxygen atoms in total. The minimum Gasteiger partial charge on any atom is -0.310 e. The van der Waals surface area contributed by atoms with Crippen molar-refractivity contribution >= 4 is 17.1 Å². The molecule has 0 bridgehead atoms. The van der Waals surface area contributed by atoms with Crippen LogP contribution >= 0.6 is 0 Å². The standard InChI is InChI=1S/C60H47N/c1-59(2)53-30-16-14-26-51(53)57-46(27-17-31-54(57)59)42-33-35-43(36-34-42)61(44-37-38-49-48-24-13-15-29-52(48)60(3,4)55(49)39-44)56-32-18-28-47(41-21-9-6-10-22-41)58(56)50-25-12-11-23-45(50)40-19-7-5-8-20-40/h5-39H,1-4H3. The van der Waals surface area contributed by atoms with Crippen molar-refractivity contribution in [1.82, 2.24) is 0 Å². The van der Waals surface area contributed by atoms with Gasteiger partial charge in [0.2, 0.25) is 0 Å². The summed E-state index contributed by atoms with van der Waals surface area (Å²) < 4.78 is 0. The van der Waals surface area contributed by atoms with Gasteiger partial charge in [-0.05, 0) is 114 Å². The summed E-state index contributed by atoms with van der Waals surface area (Å²) >= 11 is 0. The molecule has 9 aromatic rings. The average Bonchev–Trinajstić information content (AvgIpc) is 3.69. The summed E-state index contributed by atoms with van der Waals surface area (Å²) in [6.45, 7) is 9.46. The first kappa shape index (κ1) is 36.8. The highest BCUT2D eigenvalue weighted by Crippen LogP contribution is 2.54. The number of nitrogens with zero attached hydrogens (tertiary/aromatic N) is 1. The minimum atomic E-state index is -0.149. The molecule has 0 radical (unpaired) electrons. The quantitative estimate of drug-likeness (QED) is 0.156. The second kappa shape index (κ2) is 14.2. The van der Waals surface area contributed by atoms with E-state index in [0.29, 0.717) is 0 Å². The zero-order chi connectivity index (χ0) is 41.3. The van der Waals surface area contributed by atoms with Gasteiger partial charge < -0.3 is 4.90 Å². The van der Waals surface area contributed by atoms with Crippen molar-refractivity contribution in [3.63, 3.8) is 0 Å². The first-order valence-electron chi connectivity index (χ1n) is 21.5. The van der Waals surface area contributed by atoms with Crippen molar-refractivity contribution < 1.29 is 0 Å². The van der Waals surface area contributed by atoms with E-state index in [1.165, 1.54) is 89.0 Å². The van der Waals surface area contributed by atoms with Crippen molar-refractivity contribution in [2.75, 3.05) is 4.90 Å². The predicted molar refractivity (Wildman–Crippen MR) is 258 cm³/mol. The maximum absolute atomic E-state index is 2.50. The van der Waals surface area contributed by atoms with Crippen LogP contribution in [-0.4, -0.2) is 0 Å². The van der Waals surface area contributed by atoms with Crippen LogP contribution in [-0.2, 0) is 10.8 Å². The van der Waals surface area contributed by atoms with Gasteiger partial charge in [0.1, 0.15) is 0 Å². The van der Waals surface area contributed by atoms with E-state index >= 15 is 0 Å². The van der Waals surface area contributed by atoms with Crippen LogP contribution in [0.3, 0.4) is 0 Å². The van der Waals surface area contributed by atoms with E-state index in [2.05, 4.69) is 245 Å². The highest BCUT2D eigenvalue weighted by Gasteiger charge is 2.38. The number of hydrogen-bond donors (Lipinski definition) is 0. The Morgan fingerprint density at radius 1 is 0.279 bits per heavy atom. The topological polar surface area (TPSA) is 3.24 Å². The van der Waals surface area contributed by atoms with Crippen LogP contribution in [0.1, 0.15) is 49.9 Å². The van der Waals surface area contributed by atoms with Gasteiger partial charge in [-0.3, -0.25) is 0 Å². The molecule has 0 amide bonds. The average molecular weight is 782 g/mol. The molecular weight excluding hydrogens is 735 g/mol. The molecule has 11 rings (SSSR count). The Labute approximate surface area is 360 Å². The molecule has 9 aromatic carbocycles. The number of hydrogen-bond acceptors (Lipinski definition) is 1. The third kappa shape index (κ3) is 5.83. The zero-order valence-corrected chi connectivity index (χ0v) is 35.2. The number of benzene rings is 9. The van der Waals surface area contributed by atoms with Gasteiger partial charge >= 0.3 is 0 Å². The third-order valence-corrected chi connectivity index (χ3v) is 13.5. The molecule has 0 N–H and O–H groups in total. The van der Waals surface area contributed by atoms with Gasteiger partial charge in [-0.25, -0.2) is 0 Å². The van der Waals surface area contributed by atoms with Crippen LogP contribution < -0.4 is 4.90 Å². The van der Waals surface area contributed by atoms with E-state index < -0.39 is 0 Å². The smallest absolute Gasteiger partial charge is 0.0546 e. The minimum absolute atomic E-state index is 0.0596. The molecule has 1 heteroatoms. The first-order valence-corrected chi connectivity index (χ1v) is 21.5. The first-order chi connectivity index (χ1) is 29.8. The summed E-state index contributed by atoms with van der Waals surface area (Å²) in [6, 6.07) is 78.6. The Morgan fingerprint density at radius 2 is 0.721 bits per heavy atom. The molecule has 0 aliphatic heterocycles. The fourth-order valence-electron chi connectivity index (χ4n) is 10.5. The van der Waals surface area contributed by atoms with Gasteiger partial charge in [0.25, 0.3) is 0 Å². The van der Waals surface area contributed by atoms with Gasteiger partial charge in [-0.2, -0.15) is 0 Å². The van der Waals surface area contributed by atoms with Crippen LogP contribution in [0.2, 0.25) is 0 Å². The summed E-state index contributed by atoms with van der Waals surface area (Å²) in [4.78, 5) is 2.50. The maximum atomic E-state index is 2.50. The molecule has 0 unspecified atom stereocenters. The molecule has 0 fully saturated rings. The Kier molecular flexibility index (Phi) is 8.58. The monoisotopic (exact) mass is 781 g/mol. The molecular formula is C60H47N. The van der Waals surface area contributed by atoms with Crippen molar-refractivity contribution in [3.05, 3.63) is 235 Å². The Hall–Kier alpha value is -7.22. The van der Waals surface area contributed by atoms with Gasteiger partial charge in [-0.1, -0.05) is 210 Å². The highest BCUT2D eigenvalue weighted by molar-refractivity contribution is 6.02. The molecule has 61 heavy (non-hydrogen) atoms. The van der Waals surface area contributed by atoms with Crippen molar-refractivity contribution in [2.45, 2.75) is 38.5 Å². The second-order valence-corrected chi connectivity index (χ2v) is 17.7. The molecule has 0 saturated carbocycles. The lowest BCUT2D eigenvalue weighted by atomic mass is 9.82. The van der Waals surface area contributed by atoms with Crippen LogP contribution in [0.4, 0.5) is 17.1 Å². The summed E-state index contributed by atoms with van der Waals surface area (Å²) in [7, 11) is 0. The van der Waals surface area contributed by atoms with Gasteiger partial charge in [0, 0.05) is 27.8 Å². The Morgan fingerprint density at radius 3 is 1.41 bits per heavy atom. The zero-order valence-electron chi connectivity index (χ0n) is 35.2. The van der Waals surface area contributed by atoms with Crippen LogP contribution in [0.5, 0.6) is 0 Å². The molecule has 0 atom stereocenters. The number of fused-ring (bicyclic) bond motifs is 6. The normalized spacial score (nSPS) is 13.8. The Balaban J connectivity index is 1.15. The molecule has 0 saturated heterocycles. The number of rotatable bonds is 7. The van der Waals surface area contributed by atoms with E-state index in [1.54, 1.807) is 0 Å². The lowest BCUT2D eigenvalue weighted by Gasteiger charge is -2.31. The van der Waals surface area contributed by atoms with E-state index in [-0.39, 0.29) is 10.8 Å². The van der Waals surface area contributed by atoms with Crippen molar-refractivity contribution in [1.29, 1.82) is 0 Å². The van der Waals surface area contributed by atoms with E-state index in [9.17, 15) is 0 Å². The van der Waals surface area contributed by atoms with Crippen molar-refractivity contribution in [2.24, 2.45) is 0 Å². The predicted octanol–water partition coefficient (Wildman–Crippen LogP) is 16.4. The fourth-order valence-corrected chi connectivity index (χ4v) is 10.5. The Bertz CT molecular complexity index is 3120.